The van der Waals surface area contributed by atoms with Crippen LogP contribution < -0.4 is 10.5 Å². The molecular formula is C20H26N4O3. The Morgan fingerprint density at radius 3 is 2.81 bits per heavy atom. The zero-order chi connectivity index (χ0) is 19.1. The van der Waals surface area contributed by atoms with Crippen molar-refractivity contribution >= 4 is 11.8 Å². The molecule has 0 aliphatic carbocycles. The fourth-order valence-corrected chi connectivity index (χ4v) is 3.54. The van der Waals surface area contributed by atoms with Crippen LogP contribution in [0, 0.1) is 5.92 Å². The van der Waals surface area contributed by atoms with E-state index < -0.39 is 0 Å². The van der Waals surface area contributed by atoms with Gasteiger partial charge in [0.15, 0.2) is 0 Å². The smallest absolute Gasteiger partial charge is 0.222 e. The van der Waals surface area contributed by atoms with Gasteiger partial charge in [-0.1, -0.05) is 18.2 Å². The average molecular weight is 370 g/mol. The number of carbonyl (C=O) groups excluding carboxylic acids is 2. The quantitative estimate of drug-likeness (QED) is 0.741. The fourth-order valence-electron chi connectivity index (χ4n) is 3.54. The predicted octanol–water partition coefficient (Wildman–Crippen LogP) is 1.90. The van der Waals surface area contributed by atoms with Crippen molar-refractivity contribution in [2.24, 2.45) is 11.7 Å². The summed E-state index contributed by atoms with van der Waals surface area (Å²) in [7, 11) is 0. The first kappa shape index (κ1) is 18.9. The molecule has 0 bridgehead atoms. The highest BCUT2D eigenvalue weighted by Gasteiger charge is 2.33. The average Bonchev–Trinajstić information content (AvgIpc) is 3.17. The number of primary amides is 1. The SMILES string of the molecule is NC(=O)C[C@H]1CN(C(=O)CCCc2cn[nH]c2)CC[C@@H]1Oc1ccccc1. The van der Waals surface area contributed by atoms with E-state index in [1.165, 1.54) is 0 Å². The summed E-state index contributed by atoms with van der Waals surface area (Å²) in [4.78, 5) is 25.9. The normalized spacial score (nSPS) is 19.6. The van der Waals surface area contributed by atoms with Gasteiger partial charge < -0.3 is 15.4 Å². The second-order valence-corrected chi connectivity index (χ2v) is 6.99. The highest BCUT2D eigenvalue weighted by molar-refractivity contribution is 5.77. The molecule has 2 aromatic rings. The van der Waals surface area contributed by atoms with Gasteiger partial charge in [-0.3, -0.25) is 14.7 Å². The number of hydrogen-bond acceptors (Lipinski definition) is 4. The highest BCUT2D eigenvalue weighted by atomic mass is 16.5. The number of rotatable bonds is 8. The molecule has 27 heavy (non-hydrogen) atoms. The van der Waals surface area contributed by atoms with Gasteiger partial charge in [-0.05, 0) is 30.5 Å². The maximum atomic E-state index is 12.6. The van der Waals surface area contributed by atoms with Crippen LogP contribution in [-0.4, -0.2) is 46.1 Å². The van der Waals surface area contributed by atoms with Gasteiger partial charge in [0.2, 0.25) is 11.8 Å². The number of nitrogens with zero attached hydrogens (tertiary/aromatic N) is 2. The van der Waals surface area contributed by atoms with E-state index in [1.807, 2.05) is 41.4 Å². The molecule has 1 aromatic carbocycles. The van der Waals surface area contributed by atoms with Crippen LogP contribution in [0.15, 0.2) is 42.7 Å². The standard InChI is InChI=1S/C20H26N4O3/c21-19(25)11-16-14-24(20(26)8-4-5-15-12-22-23-13-15)10-9-18(16)27-17-6-2-1-3-7-17/h1-3,6-7,12-13,16,18H,4-5,8-11,14H2,(H2,21,25)(H,22,23)/t16-,18-/m0/s1. The van der Waals surface area contributed by atoms with Gasteiger partial charge in [0.05, 0.1) is 6.20 Å². The van der Waals surface area contributed by atoms with Crippen LogP contribution in [0.3, 0.4) is 0 Å². The monoisotopic (exact) mass is 370 g/mol. The number of benzene rings is 1. The minimum Gasteiger partial charge on any atom is -0.490 e. The van der Waals surface area contributed by atoms with E-state index in [1.54, 1.807) is 6.20 Å². The van der Waals surface area contributed by atoms with Gasteiger partial charge in [0.1, 0.15) is 11.9 Å². The Bertz CT molecular complexity index is 733. The van der Waals surface area contributed by atoms with Crippen LogP contribution in [-0.2, 0) is 16.0 Å². The van der Waals surface area contributed by atoms with Crippen molar-refractivity contribution in [3.8, 4) is 5.75 Å². The topological polar surface area (TPSA) is 101 Å². The molecule has 0 radical (unpaired) electrons. The molecule has 3 rings (SSSR count). The number of para-hydroxylation sites is 1. The number of aromatic nitrogens is 2. The molecular weight excluding hydrogens is 344 g/mol. The molecule has 0 saturated carbocycles. The molecule has 1 aliphatic rings. The summed E-state index contributed by atoms with van der Waals surface area (Å²) in [6.07, 6.45) is 6.50. The maximum Gasteiger partial charge on any atom is 0.222 e. The highest BCUT2D eigenvalue weighted by Crippen LogP contribution is 2.26. The number of ether oxygens (including phenoxy) is 1. The van der Waals surface area contributed by atoms with E-state index in [2.05, 4.69) is 10.2 Å². The van der Waals surface area contributed by atoms with Gasteiger partial charge in [0, 0.05) is 44.5 Å². The Morgan fingerprint density at radius 2 is 2.11 bits per heavy atom. The third-order valence-corrected chi connectivity index (χ3v) is 4.92. The fraction of sp³-hybridized carbons (Fsp3) is 0.450. The summed E-state index contributed by atoms with van der Waals surface area (Å²) < 4.78 is 6.07. The first-order chi connectivity index (χ1) is 13.1. The molecule has 3 N–H and O–H groups in total. The molecule has 7 heteroatoms. The molecule has 1 aromatic heterocycles. The van der Waals surface area contributed by atoms with Crippen molar-refractivity contribution in [1.82, 2.24) is 15.1 Å². The number of piperidine rings is 1. The van der Waals surface area contributed by atoms with E-state index in [0.29, 0.717) is 25.9 Å². The lowest BCUT2D eigenvalue weighted by atomic mass is 9.90. The number of nitrogens with one attached hydrogen (secondary N) is 1. The first-order valence-electron chi connectivity index (χ1n) is 9.37. The molecule has 1 fully saturated rings. The number of amides is 2. The van der Waals surface area contributed by atoms with Crippen molar-refractivity contribution in [2.45, 2.75) is 38.2 Å². The predicted molar refractivity (Wildman–Crippen MR) is 101 cm³/mol. The van der Waals surface area contributed by atoms with E-state index in [0.717, 1.165) is 24.2 Å². The third-order valence-electron chi connectivity index (χ3n) is 4.92. The number of carbonyl (C=O) groups is 2. The number of aryl methyl sites for hydroxylation is 1. The van der Waals surface area contributed by atoms with Gasteiger partial charge in [-0.15, -0.1) is 0 Å². The van der Waals surface area contributed by atoms with E-state index in [-0.39, 0.29) is 30.3 Å². The van der Waals surface area contributed by atoms with Crippen molar-refractivity contribution in [3.63, 3.8) is 0 Å². The summed E-state index contributed by atoms with van der Waals surface area (Å²) in [5, 5.41) is 6.69. The summed E-state index contributed by atoms with van der Waals surface area (Å²) >= 11 is 0. The second kappa shape index (κ2) is 9.21. The minimum absolute atomic E-state index is 0.0886. The Kier molecular flexibility index (Phi) is 6.46. The summed E-state index contributed by atoms with van der Waals surface area (Å²) in [5.41, 5.74) is 6.53. The van der Waals surface area contributed by atoms with Crippen LogP contribution in [0.2, 0.25) is 0 Å². The van der Waals surface area contributed by atoms with Crippen molar-refractivity contribution in [1.29, 1.82) is 0 Å². The Balaban J connectivity index is 1.54. The number of H-pyrrole nitrogens is 1. The van der Waals surface area contributed by atoms with Gasteiger partial charge in [0.25, 0.3) is 0 Å². The lowest BCUT2D eigenvalue weighted by molar-refractivity contribution is -0.136. The maximum absolute atomic E-state index is 12.6. The van der Waals surface area contributed by atoms with Gasteiger partial charge >= 0.3 is 0 Å². The third kappa shape index (κ3) is 5.57. The van der Waals surface area contributed by atoms with Crippen molar-refractivity contribution < 1.29 is 14.3 Å². The molecule has 1 aliphatic heterocycles. The van der Waals surface area contributed by atoms with Gasteiger partial charge in [-0.2, -0.15) is 5.10 Å². The van der Waals surface area contributed by atoms with Crippen LogP contribution in [0.1, 0.15) is 31.2 Å². The summed E-state index contributed by atoms with van der Waals surface area (Å²) in [6.45, 7) is 1.14. The number of likely N-dealkylation sites (tertiary alicyclic amines) is 1. The Morgan fingerprint density at radius 1 is 1.30 bits per heavy atom. The summed E-state index contributed by atoms with van der Waals surface area (Å²) in [5.74, 6) is 0.438. The van der Waals surface area contributed by atoms with Crippen LogP contribution in [0.4, 0.5) is 0 Å². The van der Waals surface area contributed by atoms with Crippen LogP contribution >= 0.6 is 0 Å². The van der Waals surface area contributed by atoms with Gasteiger partial charge in [-0.25, -0.2) is 0 Å². The molecule has 0 spiro atoms. The second-order valence-electron chi connectivity index (χ2n) is 6.99. The van der Waals surface area contributed by atoms with Crippen LogP contribution in [0.5, 0.6) is 5.75 Å². The van der Waals surface area contributed by atoms with E-state index >= 15 is 0 Å². The lowest BCUT2D eigenvalue weighted by Crippen LogP contribution is -2.49. The van der Waals surface area contributed by atoms with Crippen LogP contribution in [0.25, 0.3) is 0 Å². The van der Waals surface area contributed by atoms with E-state index in [9.17, 15) is 9.59 Å². The molecule has 1 saturated heterocycles. The molecule has 7 nitrogen and oxygen atoms in total. The summed E-state index contributed by atoms with van der Waals surface area (Å²) in [6, 6.07) is 9.55. The molecule has 2 heterocycles. The Hall–Kier alpha value is -2.83. The zero-order valence-corrected chi connectivity index (χ0v) is 15.3. The minimum atomic E-state index is -0.365. The zero-order valence-electron chi connectivity index (χ0n) is 15.3. The molecule has 2 atom stereocenters. The van der Waals surface area contributed by atoms with Crippen molar-refractivity contribution in [2.75, 3.05) is 13.1 Å². The molecule has 0 unspecified atom stereocenters. The largest absolute Gasteiger partial charge is 0.490 e. The molecule has 144 valence electrons. The number of nitrogens with two attached hydrogens (primary N) is 1. The molecule has 2 amide bonds. The first-order valence-corrected chi connectivity index (χ1v) is 9.37. The lowest BCUT2D eigenvalue weighted by Gasteiger charge is -2.38. The number of hydrogen-bond donors (Lipinski definition) is 2. The van der Waals surface area contributed by atoms with Crippen molar-refractivity contribution in [3.05, 3.63) is 48.3 Å². The van der Waals surface area contributed by atoms with E-state index in [4.69, 9.17) is 10.5 Å². The number of aromatic amines is 1. The Labute approximate surface area is 158 Å².